The molecule has 1 unspecified atom stereocenters. The van der Waals surface area contributed by atoms with Crippen LogP contribution in [-0.4, -0.2) is 44.3 Å². The van der Waals surface area contributed by atoms with Crippen LogP contribution in [0.15, 0.2) is 72.8 Å². The van der Waals surface area contributed by atoms with Gasteiger partial charge in [-0.3, -0.25) is 4.79 Å². The summed E-state index contributed by atoms with van der Waals surface area (Å²) in [4.78, 5) is 23.8. The Morgan fingerprint density at radius 1 is 0.806 bits per heavy atom. The van der Waals surface area contributed by atoms with Gasteiger partial charge in [0.05, 0.1) is 27.2 Å². The van der Waals surface area contributed by atoms with E-state index >= 15 is 0 Å². The van der Waals surface area contributed by atoms with Crippen LogP contribution in [-0.2, 0) is 19.9 Å². The van der Waals surface area contributed by atoms with Gasteiger partial charge in [0.2, 0.25) is 0 Å². The van der Waals surface area contributed by atoms with E-state index in [1.165, 1.54) is 14.0 Å². The minimum Gasteiger partial charge on any atom is -0.497 e. The van der Waals surface area contributed by atoms with Gasteiger partial charge in [0.1, 0.15) is 17.1 Å². The number of esters is 1. The molecule has 0 aromatic heterocycles. The number of benzene rings is 3. The summed E-state index contributed by atoms with van der Waals surface area (Å²) in [6.07, 6.45) is 0.511. The summed E-state index contributed by atoms with van der Waals surface area (Å²) >= 11 is 0. The van der Waals surface area contributed by atoms with E-state index in [0.717, 1.165) is 11.1 Å². The molecule has 0 heterocycles. The van der Waals surface area contributed by atoms with Crippen LogP contribution in [0.1, 0.15) is 42.9 Å². The Labute approximate surface area is 211 Å². The Hall–Kier alpha value is -3.68. The highest BCUT2D eigenvalue weighted by Crippen LogP contribution is 2.44. The van der Waals surface area contributed by atoms with Gasteiger partial charge in [0.25, 0.3) is 0 Å². The molecule has 0 fully saturated rings. The van der Waals surface area contributed by atoms with Gasteiger partial charge in [-0.1, -0.05) is 48.5 Å². The van der Waals surface area contributed by atoms with Crippen LogP contribution in [0.4, 0.5) is 0 Å². The number of rotatable bonds is 13. The molecule has 0 saturated carbocycles. The predicted molar refractivity (Wildman–Crippen MR) is 136 cm³/mol. The van der Waals surface area contributed by atoms with E-state index in [0.29, 0.717) is 23.5 Å². The third-order valence-corrected chi connectivity index (χ3v) is 5.77. The second-order valence-electron chi connectivity index (χ2n) is 8.24. The number of aliphatic hydroxyl groups is 1. The van der Waals surface area contributed by atoms with Gasteiger partial charge in [0.15, 0.2) is 11.5 Å². The molecular weight excluding hydrogens is 460 g/mol. The molecule has 7 nitrogen and oxygen atoms in total. The van der Waals surface area contributed by atoms with E-state index < -0.39 is 11.6 Å². The molecule has 190 valence electrons. The maximum absolute atomic E-state index is 12.5. The number of hydrogen-bond donors (Lipinski definition) is 1. The van der Waals surface area contributed by atoms with E-state index in [2.05, 4.69) is 0 Å². The molecule has 0 amide bonds. The highest BCUT2D eigenvalue weighted by atomic mass is 16.6. The highest BCUT2D eigenvalue weighted by molar-refractivity contribution is 5.82. The number of Topliss-reactive ketones (excluding diaryl/α,β-unsaturated/α-hetero) is 1. The maximum Gasteiger partial charge on any atom is 0.311 e. The lowest BCUT2D eigenvalue weighted by molar-refractivity contribution is -0.136. The summed E-state index contributed by atoms with van der Waals surface area (Å²) < 4.78 is 23.0. The van der Waals surface area contributed by atoms with Crippen molar-refractivity contribution in [3.63, 3.8) is 0 Å². The van der Waals surface area contributed by atoms with E-state index in [-0.39, 0.29) is 37.6 Å². The lowest BCUT2D eigenvalue weighted by atomic mass is 9.79. The molecule has 0 radical (unpaired) electrons. The monoisotopic (exact) mass is 492 g/mol. The smallest absolute Gasteiger partial charge is 0.311 e. The first-order valence-electron chi connectivity index (χ1n) is 11.8. The van der Waals surface area contributed by atoms with Crippen LogP contribution < -0.4 is 14.2 Å². The summed E-state index contributed by atoms with van der Waals surface area (Å²) in [6, 6.07) is 22.6. The van der Waals surface area contributed by atoms with Crippen LogP contribution >= 0.6 is 0 Å². The summed E-state index contributed by atoms with van der Waals surface area (Å²) in [7, 11) is 3.10. The third-order valence-electron chi connectivity index (χ3n) is 5.77. The molecule has 0 aliphatic heterocycles. The second kappa shape index (κ2) is 12.9. The zero-order valence-corrected chi connectivity index (χ0v) is 20.9. The minimum absolute atomic E-state index is 0.0187. The average Bonchev–Trinajstić information content (AvgIpc) is 2.91. The highest BCUT2D eigenvalue weighted by Gasteiger charge is 2.38. The fraction of sp³-hybridized carbons (Fsp3) is 0.310. The number of carbonyl (C=O) groups is 2. The number of ether oxygens (including phenoxy) is 4. The summed E-state index contributed by atoms with van der Waals surface area (Å²) in [5.41, 5.74) is 1.29. The first kappa shape index (κ1) is 26.9. The maximum atomic E-state index is 12.5. The zero-order chi connectivity index (χ0) is 26.0. The van der Waals surface area contributed by atoms with Crippen molar-refractivity contribution < 1.29 is 33.6 Å². The van der Waals surface area contributed by atoms with E-state index in [4.69, 9.17) is 18.9 Å². The fourth-order valence-corrected chi connectivity index (χ4v) is 3.97. The van der Waals surface area contributed by atoms with Gasteiger partial charge in [-0.15, -0.1) is 0 Å². The molecule has 0 spiro atoms. The predicted octanol–water partition coefficient (Wildman–Crippen LogP) is 4.67. The molecule has 7 heteroatoms. The van der Waals surface area contributed by atoms with Gasteiger partial charge in [0, 0.05) is 13.0 Å². The number of hydrogen-bond acceptors (Lipinski definition) is 7. The fourth-order valence-electron chi connectivity index (χ4n) is 3.97. The van der Waals surface area contributed by atoms with Crippen LogP contribution in [0.2, 0.25) is 0 Å². The summed E-state index contributed by atoms with van der Waals surface area (Å²) in [6.45, 7) is 1.69. The molecule has 36 heavy (non-hydrogen) atoms. The molecule has 1 N–H and O–H groups in total. The number of aliphatic hydroxyl groups excluding tert-OH is 1. The van der Waals surface area contributed by atoms with Gasteiger partial charge >= 0.3 is 5.97 Å². The molecule has 3 aromatic rings. The Morgan fingerprint density at radius 2 is 1.47 bits per heavy atom. The normalized spacial score (nSPS) is 12.4. The van der Waals surface area contributed by atoms with Gasteiger partial charge in [-0.25, -0.2) is 0 Å². The molecule has 1 atom stereocenters. The van der Waals surface area contributed by atoms with Gasteiger partial charge < -0.3 is 28.8 Å². The molecule has 0 aliphatic rings. The molecule has 3 aromatic carbocycles. The number of carbonyl (C=O) groups excluding carboxylic acids is 2. The molecule has 0 aliphatic carbocycles. The third kappa shape index (κ3) is 6.30. The van der Waals surface area contributed by atoms with Crippen molar-refractivity contribution in [2.45, 2.75) is 31.8 Å². The SMILES string of the molecule is COc1ccc(C(OCCCO)(c2ccccc2)c2ccc(OC)c(OC(=O)CCC(C)=O)c2)cc1. The van der Waals surface area contributed by atoms with E-state index in [1.54, 1.807) is 19.2 Å². The first-order chi connectivity index (χ1) is 17.4. The molecule has 3 rings (SSSR count). The Morgan fingerprint density at radius 3 is 2.08 bits per heavy atom. The van der Waals surface area contributed by atoms with E-state index in [1.807, 2.05) is 60.7 Å². The Kier molecular flexibility index (Phi) is 9.61. The topological polar surface area (TPSA) is 91.3 Å². The molecular formula is C29H32O7. The number of methoxy groups -OCH3 is 2. The molecule has 0 bridgehead atoms. The summed E-state index contributed by atoms with van der Waals surface area (Å²) in [5, 5.41) is 9.45. The van der Waals surface area contributed by atoms with Crippen molar-refractivity contribution in [3.05, 3.63) is 89.5 Å². The van der Waals surface area contributed by atoms with Gasteiger partial charge in [-0.2, -0.15) is 0 Å². The molecule has 0 saturated heterocycles. The first-order valence-corrected chi connectivity index (χ1v) is 11.8. The lowest BCUT2D eigenvalue weighted by Gasteiger charge is -2.36. The van der Waals surface area contributed by atoms with Crippen molar-refractivity contribution in [1.82, 2.24) is 0 Å². The lowest BCUT2D eigenvalue weighted by Crippen LogP contribution is -2.33. The second-order valence-corrected chi connectivity index (χ2v) is 8.24. The number of ketones is 1. The van der Waals surface area contributed by atoms with Crippen LogP contribution in [0.3, 0.4) is 0 Å². The Bertz CT molecular complexity index is 1140. The Balaban J connectivity index is 2.18. The van der Waals surface area contributed by atoms with Crippen molar-refractivity contribution >= 4 is 11.8 Å². The zero-order valence-electron chi connectivity index (χ0n) is 20.9. The summed E-state index contributed by atoms with van der Waals surface area (Å²) in [5.74, 6) is 0.681. The van der Waals surface area contributed by atoms with E-state index in [9.17, 15) is 14.7 Å². The quantitative estimate of drug-likeness (QED) is 0.160. The van der Waals surface area contributed by atoms with Crippen molar-refractivity contribution in [1.29, 1.82) is 0 Å². The van der Waals surface area contributed by atoms with Crippen LogP contribution in [0.5, 0.6) is 17.2 Å². The van der Waals surface area contributed by atoms with Crippen molar-refractivity contribution in [2.24, 2.45) is 0 Å². The van der Waals surface area contributed by atoms with Crippen LogP contribution in [0, 0.1) is 0 Å². The van der Waals surface area contributed by atoms with Gasteiger partial charge in [-0.05, 0) is 54.3 Å². The van der Waals surface area contributed by atoms with Crippen molar-refractivity contribution in [3.8, 4) is 17.2 Å². The van der Waals surface area contributed by atoms with Crippen LogP contribution in [0.25, 0.3) is 0 Å². The standard InChI is InChI=1S/C29H32O7/c1-21(31)10-17-28(32)36-27-20-24(13-16-26(27)34-3)29(35-19-7-18-30,22-8-5-4-6-9-22)23-11-14-25(33-2)15-12-23/h4-6,8-9,11-16,20,30H,7,10,17-19H2,1-3H3. The largest absolute Gasteiger partial charge is 0.497 e. The van der Waals surface area contributed by atoms with Crippen molar-refractivity contribution in [2.75, 3.05) is 27.4 Å². The average molecular weight is 493 g/mol. The minimum atomic E-state index is -1.09.